The van der Waals surface area contributed by atoms with Gasteiger partial charge in [0.25, 0.3) is 11.8 Å². The summed E-state index contributed by atoms with van der Waals surface area (Å²) >= 11 is 23.8. The molecule has 7 nitrogen and oxygen atoms in total. The lowest BCUT2D eigenvalue weighted by atomic mass is 10.2. The summed E-state index contributed by atoms with van der Waals surface area (Å²) in [5, 5.41) is 7.06. The fourth-order valence-corrected chi connectivity index (χ4v) is 4.14. The lowest BCUT2D eigenvalue weighted by Crippen LogP contribution is -2.20. The number of rotatable bonds is 10. The van der Waals surface area contributed by atoms with Crippen molar-refractivity contribution in [2.75, 3.05) is 23.8 Å². The summed E-state index contributed by atoms with van der Waals surface area (Å²) in [4.78, 5) is 24.4. The Bertz CT molecular complexity index is 1350. The number of anilines is 2. The van der Waals surface area contributed by atoms with Crippen molar-refractivity contribution in [1.29, 1.82) is 0 Å². The van der Waals surface area contributed by atoms with Gasteiger partial charge in [0.15, 0.2) is 13.2 Å². The van der Waals surface area contributed by atoms with Gasteiger partial charge in [-0.2, -0.15) is 0 Å². The highest BCUT2D eigenvalue weighted by molar-refractivity contribution is 6.36. The Morgan fingerprint density at radius 3 is 1.31 bits per heavy atom. The van der Waals surface area contributed by atoms with E-state index in [0.29, 0.717) is 54.5 Å². The monoisotopic (exact) mass is 604 g/mol. The van der Waals surface area contributed by atoms with Crippen molar-refractivity contribution in [2.24, 2.45) is 0 Å². The summed E-state index contributed by atoms with van der Waals surface area (Å²) in [6.45, 7) is -0.438. The minimum absolute atomic E-state index is 0.219. The average molecular weight is 606 g/mol. The molecule has 4 aromatic rings. The minimum Gasteiger partial charge on any atom is -0.482 e. The van der Waals surface area contributed by atoms with E-state index in [1.807, 2.05) is 0 Å². The predicted octanol–water partition coefficient (Wildman–Crippen LogP) is 8.13. The second-order valence-corrected chi connectivity index (χ2v) is 9.66. The largest absolute Gasteiger partial charge is 0.482 e. The summed E-state index contributed by atoms with van der Waals surface area (Å²) in [5.74, 6) is 1.14. The zero-order chi connectivity index (χ0) is 27.8. The quantitative estimate of drug-likeness (QED) is 0.191. The van der Waals surface area contributed by atoms with E-state index in [0.717, 1.165) is 0 Å². The second-order valence-electron chi connectivity index (χ2n) is 7.97. The van der Waals surface area contributed by atoms with Crippen LogP contribution in [-0.4, -0.2) is 25.0 Å². The highest BCUT2D eigenvalue weighted by Crippen LogP contribution is 2.29. The third-order valence-electron chi connectivity index (χ3n) is 5.02. The smallest absolute Gasteiger partial charge is 0.262 e. The molecule has 2 amide bonds. The molecule has 0 aromatic heterocycles. The molecule has 4 rings (SSSR count). The molecule has 0 atom stereocenters. The van der Waals surface area contributed by atoms with E-state index >= 15 is 0 Å². The zero-order valence-corrected chi connectivity index (χ0v) is 23.1. The van der Waals surface area contributed by atoms with Crippen molar-refractivity contribution < 1.29 is 23.8 Å². The molecule has 0 aliphatic rings. The molecule has 0 spiro atoms. The molecule has 0 fully saturated rings. The standard InChI is InChI=1S/C28H20Cl4N2O5/c29-17-1-11-25(23(31)13-17)37-15-27(35)33-19-3-7-21(8-4-19)39-22-9-5-20(6-10-22)34-28(36)16-38-26-12-2-18(30)14-24(26)32/h1-14H,15-16H2,(H,33,35)(H,34,36). The van der Waals surface area contributed by atoms with E-state index < -0.39 is 0 Å². The predicted molar refractivity (Wildman–Crippen MR) is 154 cm³/mol. The molecule has 2 N–H and O–H groups in total. The van der Waals surface area contributed by atoms with E-state index in [4.69, 9.17) is 60.6 Å². The molecule has 0 bridgehead atoms. The molecule has 11 heteroatoms. The SMILES string of the molecule is O=C(COc1ccc(Cl)cc1Cl)Nc1ccc(Oc2ccc(NC(=O)COc3ccc(Cl)cc3Cl)cc2)cc1. The number of carbonyl (C=O) groups excluding carboxylic acids is 2. The van der Waals surface area contributed by atoms with Gasteiger partial charge in [-0.15, -0.1) is 0 Å². The molecule has 4 aromatic carbocycles. The van der Waals surface area contributed by atoms with Crippen molar-refractivity contribution in [1.82, 2.24) is 0 Å². The minimum atomic E-state index is -0.353. The van der Waals surface area contributed by atoms with Gasteiger partial charge in [0.1, 0.15) is 23.0 Å². The van der Waals surface area contributed by atoms with Crippen LogP contribution in [0.1, 0.15) is 0 Å². The van der Waals surface area contributed by atoms with Gasteiger partial charge in [0, 0.05) is 21.4 Å². The molecular weight excluding hydrogens is 586 g/mol. The van der Waals surface area contributed by atoms with Crippen molar-refractivity contribution >= 4 is 69.6 Å². The summed E-state index contributed by atoms with van der Waals surface area (Å²) in [6, 6.07) is 23.1. The highest BCUT2D eigenvalue weighted by Gasteiger charge is 2.09. The Balaban J connectivity index is 1.22. The number of hydrogen-bond donors (Lipinski definition) is 2. The van der Waals surface area contributed by atoms with Crippen LogP contribution in [0.4, 0.5) is 11.4 Å². The first-order chi connectivity index (χ1) is 18.7. The summed E-state index contributed by atoms with van der Waals surface area (Å²) in [6.07, 6.45) is 0. The molecule has 0 heterocycles. The Hall–Kier alpha value is -3.62. The van der Waals surface area contributed by atoms with Crippen LogP contribution >= 0.6 is 46.4 Å². The van der Waals surface area contributed by atoms with E-state index in [-0.39, 0.29) is 25.0 Å². The average Bonchev–Trinajstić information content (AvgIpc) is 2.90. The zero-order valence-electron chi connectivity index (χ0n) is 20.1. The molecular formula is C28H20Cl4N2O5. The lowest BCUT2D eigenvalue weighted by Gasteiger charge is -2.11. The van der Waals surface area contributed by atoms with Crippen LogP contribution in [-0.2, 0) is 9.59 Å². The fraction of sp³-hybridized carbons (Fsp3) is 0.0714. The van der Waals surface area contributed by atoms with Crippen LogP contribution in [0.15, 0.2) is 84.9 Å². The van der Waals surface area contributed by atoms with Crippen molar-refractivity contribution in [3.05, 3.63) is 105 Å². The maximum Gasteiger partial charge on any atom is 0.262 e. The molecule has 39 heavy (non-hydrogen) atoms. The number of hydrogen-bond acceptors (Lipinski definition) is 5. The topological polar surface area (TPSA) is 85.9 Å². The number of nitrogens with one attached hydrogen (secondary N) is 2. The first kappa shape index (κ1) is 28.4. The number of carbonyl (C=O) groups is 2. The number of amides is 2. The maximum absolute atomic E-state index is 12.2. The van der Waals surface area contributed by atoms with Gasteiger partial charge in [-0.3, -0.25) is 9.59 Å². The Labute approximate surface area is 244 Å². The van der Waals surface area contributed by atoms with Crippen molar-refractivity contribution in [2.45, 2.75) is 0 Å². The molecule has 0 aliphatic heterocycles. The first-order valence-electron chi connectivity index (χ1n) is 11.4. The lowest BCUT2D eigenvalue weighted by molar-refractivity contribution is -0.118. The molecule has 0 saturated heterocycles. The van der Waals surface area contributed by atoms with E-state index in [9.17, 15) is 9.59 Å². The van der Waals surface area contributed by atoms with Crippen LogP contribution < -0.4 is 24.8 Å². The summed E-state index contributed by atoms with van der Waals surface area (Å²) in [7, 11) is 0. The van der Waals surface area contributed by atoms with E-state index in [2.05, 4.69) is 10.6 Å². The third kappa shape index (κ3) is 8.70. The number of halogens is 4. The van der Waals surface area contributed by atoms with Crippen LogP contribution in [0.5, 0.6) is 23.0 Å². The van der Waals surface area contributed by atoms with Crippen molar-refractivity contribution in [3.8, 4) is 23.0 Å². The third-order valence-corrected chi connectivity index (χ3v) is 6.08. The van der Waals surface area contributed by atoms with E-state index in [1.54, 1.807) is 72.8 Å². The van der Waals surface area contributed by atoms with Gasteiger partial charge < -0.3 is 24.8 Å². The summed E-state index contributed by atoms with van der Waals surface area (Å²) < 4.78 is 16.7. The Kier molecular flexibility index (Phi) is 9.79. The maximum atomic E-state index is 12.2. The van der Waals surface area contributed by atoms with Crippen molar-refractivity contribution in [3.63, 3.8) is 0 Å². The molecule has 0 saturated carbocycles. The number of ether oxygens (including phenoxy) is 3. The Morgan fingerprint density at radius 2 is 0.949 bits per heavy atom. The normalized spacial score (nSPS) is 10.5. The van der Waals surface area contributed by atoms with E-state index in [1.165, 1.54) is 12.1 Å². The molecule has 0 aliphatic carbocycles. The fourth-order valence-electron chi connectivity index (χ4n) is 3.21. The Morgan fingerprint density at radius 1 is 0.564 bits per heavy atom. The van der Waals surface area contributed by atoms with Crippen LogP contribution in [0.25, 0.3) is 0 Å². The van der Waals surface area contributed by atoms with Gasteiger partial charge in [0.2, 0.25) is 0 Å². The molecule has 200 valence electrons. The van der Waals surface area contributed by atoms with Gasteiger partial charge in [0.05, 0.1) is 10.0 Å². The highest BCUT2D eigenvalue weighted by atomic mass is 35.5. The van der Waals surface area contributed by atoms with Crippen LogP contribution in [0, 0.1) is 0 Å². The van der Waals surface area contributed by atoms with Gasteiger partial charge >= 0.3 is 0 Å². The van der Waals surface area contributed by atoms with Gasteiger partial charge in [-0.1, -0.05) is 46.4 Å². The first-order valence-corrected chi connectivity index (χ1v) is 12.9. The summed E-state index contributed by atoms with van der Waals surface area (Å²) in [5.41, 5.74) is 1.14. The molecule has 0 unspecified atom stereocenters. The van der Waals surface area contributed by atoms with Gasteiger partial charge in [-0.25, -0.2) is 0 Å². The second kappa shape index (κ2) is 13.4. The van der Waals surface area contributed by atoms with Gasteiger partial charge in [-0.05, 0) is 84.9 Å². The van der Waals surface area contributed by atoms with Crippen LogP contribution in [0.3, 0.4) is 0 Å². The number of benzene rings is 4. The molecule has 0 radical (unpaired) electrons. The van der Waals surface area contributed by atoms with Crippen LogP contribution in [0.2, 0.25) is 20.1 Å².